The molecular formula is C19H24BrN. The van der Waals surface area contributed by atoms with Crippen molar-refractivity contribution in [1.82, 2.24) is 5.32 Å². The molecule has 0 aliphatic carbocycles. The highest BCUT2D eigenvalue weighted by molar-refractivity contribution is 9.10. The Morgan fingerprint density at radius 2 is 1.76 bits per heavy atom. The first kappa shape index (κ1) is 16.3. The lowest BCUT2D eigenvalue weighted by Crippen LogP contribution is -2.25. The minimum absolute atomic E-state index is 0.381. The van der Waals surface area contributed by atoms with Crippen LogP contribution in [0.2, 0.25) is 0 Å². The normalized spacial score (nSPS) is 12.4. The Hall–Kier alpha value is -1.12. The number of benzene rings is 2. The Bertz CT molecular complexity index is 575. The molecule has 2 rings (SSSR count). The van der Waals surface area contributed by atoms with Gasteiger partial charge < -0.3 is 5.32 Å². The van der Waals surface area contributed by atoms with Crippen LogP contribution >= 0.6 is 15.9 Å². The monoisotopic (exact) mass is 345 g/mol. The van der Waals surface area contributed by atoms with Gasteiger partial charge in [-0.1, -0.05) is 53.2 Å². The Balaban J connectivity index is 2.25. The maximum atomic E-state index is 3.71. The smallest absolute Gasteiger partial charge is 0.0363 e. The quantitative estimate of drug-likeness (QED) is 0.743. The van der Waals surface area contributed by atoms with Gasteiger partial charge in [0.05, 0.1) is 0 Å². The van der Waals surface area contributed by atoms with Crippen LogP contribution in [-0.2, 0) is 6.42 Å². The Morgan fingerprint density at radius 3 is 2.43 bits per heavy atom. The lowest BCUT2D eigenvalue weighted by Gasteiger charge is -2.22. The van der Waals surface area contributed by atoms with Gasteiger partial charge in [0.15, 0.2) is 0 Å². The predicted molar refractivity (Wildman–Crippen MR) is 94.8 cm³/mol. The van der Waals surface area contributed by atoms with Gasteiger partial charge in [0.2, 0.25) is 0 Å². The van der Waals surface area contributed by atoms with Crippen LogP contribution in [-0.4, -0.2) is 6.54 Å². The average molecular weight is 346 g/mol. The summed E-state index contributed by atoms with van der Waals surface area (Å²) < 4.78 is 1.14. The molecule has 2 heteroatoms. The minimum atomic E-state index is 0.381. The van der Waals surface area contributed by atoms with Crippen molar-refractivity contribution in [2.24, 2.45) is 0 Å². The molecular weight excluding hydrogens is 322 g/mol. The van der Waals surface area contributed by atoms with Gasteiger partial charge in [-0.05, 0) is 67.6 Å². The molecule has 0 spiro atoms. The fourth-order valence-corrected chi connectivity index (χ4v) is 2.88. The molecule has 0 saturated carbocycles. The predicted octanol–water partition coefficient (Wildman–Crippen LogP) is 5.35. The highest BCUT2D eigenvalue weighted by atomic mass is 79.9. The van der Waals surface area contributed by atoms with Gasteiger partial charge in [-0.15, -0.1) is 0 Å². The third-order valence-corrected chi connectivity index (χ3v) is 4.54. The molecule has 1 unspecified atom stereocenters. The van der Waals surface area contributed by atoms with E-state index in [1.165, 1.54) is 22.3 Å². The van der Waals surface area contributed by atoms with Crippen molar-refractivity contribution in [2.45, 2.75) is 39.7 Å². The zero-order valence-corrected chi connectivity index (χ0v) is 14.7. The molecule has 0 aliphatic rings. The molecule has 0 fully saturated rings. The zero-order chi connectivity index (χ0) is 15.2. The highest BCUT2D eigenvalue weighted by Crippen LogP contribution is 2.24. The topological polar surface area (TPSA) is 12.0 Å². The first-order valence-electron chi connectivity index (χ1n) is 7.65. The Labute approximate surface area is 136 Å². The molecule has 112 valence electrons. The van der Waals surface area contributed by atoms with Gasteiger partial charge in [0, 0.05) is 10.5 Å². The summed E-state index contributed by atoms with van der Waals surface area (Å²) >= 11 is 3.50. The molecule has 1 atom stereocenters. The number of aryl methyl sites for hydroxylation is 1. The highest BCUT2D eigenvalue weighted by Gasteiger charge is 2.14. The summed E-state index contributed by atoms with van der Waals surface area (Å²) in [4.78, 5) is 0. The third-order valence-electron chi connectivity index (χ3n) is 4.02. The van der Waals surface area contributed by atoms with Crippen molar-refractivity contribution in [3.63, 3.8) is 0 Å². The number of rotatable bonds is 6. The molecule has 0 heterocycles. The zero-order valence-electron chi connectivity index (χ0n) is 13.1. The largest absolute Gasteiger partial charge is 0.310 e. The van der Waals surface area contributed by atoms with E-state index in [-0.39, 0.29) is 0 Å². The second-order valence-electron chi connectivity index (χ2n) is 5.63. The van der Waals surface area contributed by atoms with Crippen LogP contribution in [0.15, 0.2) is 46.9 Å². The second kappa shape index (κ2) is 7.77. The van der Waals surface area contributed by atoms with E-state index < -0.39 is 0 Å². The van der Waals surface area contributed by atoms with E-state index in [1.807, 2.05) is 0 Å². The number of halogens is 1. The molecule has 2 aromatic carbocycles. The molecule has 0 radical (unpaired) electrons. The van der Waals surface area contributed by atoms with E-state index in [0.717, 1.165) is 23.9 Å². The van der Waals surface area contributed by atoms with E-state index in [1.54, 1.807) is 0 Å². The number of nitrogens with one attached hydrogen (secondary N) is 1. The average Bonchev–Trinajstić information content (AvgIpc) is 2.48. The summed E-state index contributed by atoms with van der Waals surface area (Å²) in [6.45, 7) is 7.68. The van der Waals surface area contributed by atoms with E-state index in [9.17, 15) is 0 Å². The van der Waals surface area contributed by atoms with E-state index >= 15 is 0 Å². The maximum absolute atomic E-state index is 3.71. The minimum Gasteiger partial charge on any atom is -0.310 e. The molecule has 1 N–H and O–H groups in total. The number of hydrogen-bond donors (Lipinski definition) is 1. The SMILES string of the molecule is CCCNC(Cc1ccc(Br)cc1)c1cccc(C)c1C. The van der Waals surface area contributed by atoms with Crippen molar-refractivity contribution in [1.29, 1.82) is 0 Å². The summed E-state index contributed by atoms with van der Waals surface area (Å²) in [5, 5.41) is 3.71. The van der Waals surface area contributed by atoms with Crippen LogP contribution in [0.4, 0.5) is 0 Å². The van der Waals surface area contributed by atoms with Gasteiger partial charge in [0.25, 0.3) is 0 Å². The van der Waals surface area contributed by atoms with E-state index in [2.05, 4.69) is 84.5 Å². The van der Waals surface area contributed by atoms with Crippen molar-refractivity contribution >= 4 is 15.9 Å². The van der Waals surface area contributed by atoms with E-state index in [0.29, 0.717) is 6.04 Å². The molecule has 0 aromatic heterocycles. The van der Waals surface area contributed by atoms with Crippen LogP contribution in [0.25, 0.3) is 0 Å². The van der Waals surface area contributed by atoms with Gasteiger partial charge in [-0.3, -0.25) is 0 Å². The summed E-state index contributed by atoms with van der Waals surface area (Å²) in [5.41, 5.74) is 5.56. The lowest BCUT2D eigenvalue weighted by atomic mass is 9.93. The molecule has 0 bridgehead atoms. The van der Waals surface area contributed by atoms with Crippen LogP contribution in [0.1, 0.15) is 41.6 Å². The molecule has 0 aliphatic heterocycles. The molecule has 0 saturated heterocycles. The molecule has 21 heavy (non-hydrogen) atoms. The maximum Gasteiger partial charge on any atom is 0.0363 e. The fraction of sp³-hybridized carbons (Fsp3) is 0.368. The summed E-state index contributed by atoms with van der Waals surface area (Å²) in [6.07, 6.45) is 2.18. The van der Waals surface area contributed by atoms with Gasteiger partial charge in [0.1, 0.15) is 0 Å². The van der Waals surface area contributed by atoms with E-state index in [4.69, 9.17) is 0 Å². The third kappa shape index (κ3) is 4.42. The molecule has 0 amide bonds. The van der Waals surface area contributed by atoms with Gasteiger partial charge in [-0.25, -0.2) is 0 Å². The Morgan fingerprint density at radius 1 is 1.05 bits per heavy atom. The lowest BCUT2D eigenvalue weighted by molar-refractivity contribution is 0.527. The van der Waals surface area contributed by atoms with Crippen molar-refractivity contribution in [3.8, 4) is 0 Å². The van der Waals surface area contributed by atoms with Crippen molar-refractivity contribution < 1.29 is 0 Å². The first-order chi connectivity index (χ1) is 10.1. The van der Waals surface area contributed by atoms with Crippen LogP contribution in [0.5, 0.6) is 0 Å². The first-order valence-corrected chi connectivity index (χ1v) is 8.45. The summed E-state index contributed by atoms with van der Waals surface area (Å²) in [7, 11) is 0. The van der Waals surface area contributed by atoms with Crippen molar-refractivity contribution in [3.05, 3.63) is 69.2 Å². The molecule has 2 aromatic rings. The van der Waals surface area contributed by atoms with Crippen LogP contribution in [0.3, 0.4) is 0 Å². The fourth-order valence-electron chi connectivity index (χ4n) is 2.62. The standard InChI is InChI=1S/C19H24BrN/c1-4-12-21-19(13-16-8-10-17(20)11-9-16)18-7-5-6-14(2)15(18)3/h5-11,19,21H,4,12-13H2,1-3H3. The number of hydrogen-bond acceptors (Lipinski definition) is 1. The Kier molecular flexibility index (Phi) is 6.01. The van der Waals surface area contributed by atoms with Crippen molar-refractivity contribution in [2.75, 3.05) is 6.54 Å². The second-order valence-corrected chi connectivity index (χ2v) is 6.54. The molecule has 1 nitrogen and oxygen atoms in total. The van der Waals surface area contributed by atoms with Crippen LogP contribution < -0.4 is 5.32 Å². The van der Waals surface area contributed by atoms with Gasteiger partial charge >= 0.3 is 0 Å². The summed E-state index contributed by atoms with van der Waals surface area (Å²) in [5.74, 6) is 0. The summed E-state index contributed by atoms with van der Waals surface area (Å²) in [6, 6.07) is 15.6. The van der Waals surface area contributed by atoms with Gasteiger partial charge in [-0.2, -0.15) is 0 Å². The van der Waals surface area contributed by atoms with Crippen LogP contribution in [0, 0.1) is 13.8 Å².